The second-order valence-electron chi connectivity index (χ2n) is 3.33. The summed E-state index contributed by atoms with van der Waals surface area (Å²) in [5.74, 6) is -0.207. The van der Waals surface area contributed by atoms with Gasteiger partial charge in [-0.1, -0.05) is 0 Å². The molecule has 0 atom stereocenters. The molecule has 0 unspecified atom stereocenters. The first kappa shape index (κ1) is 12.7. The normalized spacial score (nSPS) is 11.9. The molecule has 0 amide bonds. The van der Waals surface area contributed by atoms with Gasteiger partial charge in [0.15, 0.2) is 5.03 Å². The highest BCUT2D eigenvalue weighted by atomic mass is 32.2. The van der Waals surface area contributed by atoms with Gasteiger partial charge in [-0.25, -0.2) is 13.4 Å². The Morgan fingerprint density at radius 2 is 2.31 bits per heavy atom. The Morgan fingerprint density at radius 3 is 2.75 bits per heavy atom. The highest BCUT2D eigenvalue weighted by molar-refractivity contribution is 7.89. The van der Waals surface area contributed by atoms with Crippen LogP contribution in [-0.2, 0) is 16.6 Å². The molecule has 1 aromatic rings. The summed E-state index contributed by atoms with van der Waals surface area (Å²) in [6.07, 6.45) is 2.90. The highest BCUT2D eigenvalue weighted by Crippen LogP contribution is 2.10. The maximum atomic E-state index is 11.9. The average Bonchev–Trinajstić information content (AvgIpc) is 2.65. The first-order valence-corrected chi connectivity index (χ1v) is 6.13. The van der Waals surface area contributed by atoms with E-state index >= 15 is 0 Å². The number of rotatable bonds is 5. The van der Waals surface area contributed by atoms with E-state index in [-0.39, 0.29) is 17.4 Å². The second kappa shape index (κ2) is 4.62. The zero-order chi connectivity index (χ0) is 12.3. The summed E-state index contributed by atoms with van der Waals surface area (Å²) in [6, 6.07) is 0. The van der Waals surface area contributed by atoms with Gasteiger partial charge in [-0.2, -0.15) is 4.31 Å². The van der Waals surface area contributed by atoms with Gasteiger partial charge in [0, 0.05) is 19.8 Å². The van der Waals surface area contributed by atoms with Crippen molar-refractivity contribution in [3.8, 4) is 0 Å². The van der Waals surface area contributed by atoms with Gasteiger partial charge in [0.05, 0.1) is 12.9 Å². The molecule has 0 aliphatic carbocycles. The van der Waals surface area contributed by atoms with Gasteiger partial charge >= 0.3 is 0 Å². The molecule has 0 radical (unpaired) electrons. The quantitative estimate of drug-likeness (QED) is 0.536. The Kier molecular flexibility index (Phi) is 3.66. The lowest BCUT2D eigenvalue weighted by molar-refractivity contribution is 0.501. The molecule has 90 valence electrons. The molecule has 0 saturated carbocycles. The van der Waals surface area contributed by atoms with Crippen molar-refractivity contribution in [2.75, 3.05) is 13.6 Å². The summed E-state index contributed by atoms with van der Waals surface area (Å²) >= 11 is 0. The second-order valence-corrected chi connectivity index (χ2v) is 5.32. The lowest BCUT2D eigenvalue weighted by Crippen LogP contribution is -2.35. The van der Waals surface area contributed by atoms with Crippen LogP contribution in [0.3, 0.4) is 0 Å². The van der Waals surface area contributed by atoms with E-state index in [4.69, 9.17) is 11.1 Å². The number of nitrogens with zero attached hydrogens (tertiary/aromatic N) is 3. The van der Waals surface area contributed by atoms with Crippen molar-refractivity contribution in [2.45, 2.75) is 18.5 Å². The van der Waals surface area contributed by atoms with Gasteiger partial charge in [0.2, 0.25) is 0 Å². The van der Waals surface area contributed by atoms with E-state index in [1.807, 2.05) is 6.92 Å². The van der Waals surface area contributed by atoms with Crippen LogP contribution >= 0.6 is 0 Å². The molecule has 1 heterocycles. The lowest BCUT2D eigenvalue weighted by Gasteiger charge is -2.13. The number of nitrogens with one attached hydrogen (secondary N) is 1. The topological polar surface area (TPSA) is 105 Å². The number of imidazole rings is 1. The minimum atomic E-state index is -3.64. The van der Waals surface area contributed by atoms with Crippen LogP contribution in [0.4, 0.5) is 0 Å². The molecule has 0 fully saturated rings. The van der Waals surface area contributed by atoms with Crippen LogP contribution in [0.15, 0.2) is 17.6 Å². The maximum absolute atomic E-state index is 11.9. The predicted octanol–water partition coefficient (Wildman–Crippen LogP) is -0.541. The molecule has 7 nitrogen and oxygen atoms in total. The number of nitrogens with two attached hydrogens (primary N) is 1. The van der Waals surface area contributed by atoms with Crippen LogP contribution in [-0.4, -0.2) is 41.7 Å². The molecule has 0 spiro atoms. The minimum Gasteiger partial charge on any atom is -0.387 e. The van der Waals surface area contributed by atoms with Gasteiger partial charge in [0.1, 0.15) is 5.84 Å². The number of likely N-dealkylation sites (N-methyl/N-ethyl adjacent to an activating group) is 1. The van der Waals surface area contributed by atoms with E-state index in [0.717, 1.165) is 4.31 Å². The SMILES string of the molecule is CCn1cnc(S(=O)(=O)N(C)CC(=N)N)c1. The number of hydrogen-bond donors (Lipinski definition) is 2. The van der Waals surface area contributed by atoms with Crippen LogP contribution < -0.4 is 5.73 Å². The summed E-state index contributed by atoms with van der Waals surface area (Å²) in [5, 5.41) is 7.03. The van der Waals surface area contributed by atoms with Crippen molar-refractivity contribution in [1.82, 2.24) is 13.9 Å². The molecule has 0 aromatic carbocycles. The Labute approximate surface area is 94.4 Å². The van der Waals surface area contributed by atoms with Gasteiger partial charge in [-0.3, -0.25) is 5.41 Å². The Bertz CT molecular complexity index is 478. The standard InChI is InChI=1S/C8H15N5O2S/c1-3-13-5-8(11-6-13)16(14,15)12(2)4-7(9)10/h5-6H,3-4H2,1-2H3,(H3,9,10). The minimum absolute atomic E-state index is 0.0295. The van der Waals surface area contributed by atoms with Gasteiger partial charge in [-0.05, 0) is 6.92 Å². The Morgan fingerprint density at radius 1 is 1.69 bits per heavy atom. The van der Waals surface area contributed by atoms with E-state index in [1.54, 1.807) is 4.57 Å². The van der Waals surface area contributed by atoms with Gasteiger partial charge in [-0.15, -0.1) is 0 Å². The first-order chi connectivity index (χ1) is 7.37. The maximum Gasteiger partial charge on any atom is 0.262 e. The molecule has 8 heteroatoms. The Hall–Kier alpha value is -1.41. The van der Waals surface area contributed by atoms with Crippen LogP contribution in [0.2, 0.25) is 0 Å². The molecule has 0 aliphatic rings. The zero-order valence-electron chi connectivity index (χ0n) is 9.21. The van der Waals surface area contributed by atoms with Crippen molar-refractivity contribution in [1.29, 1.82) is 5.41 Å². The summed E-state index contributed by atoms with van der Waals surface area (Å²) in [7, 11) is -2.28. The highest BCUT2D eigenvalue weighted by Gasteiger charge is 2.23. The van der Waals surface area contributed by atoms with Crippen molar-refractivity contribution >= 4 is 15.9 Å². The van der Waals surface area contributed by atoms with Gasteiger partial charge < -0.3 is 10.3 Å². The molecule has 1 rings (SSSR count). The van der Waals surface area contributed by atoms with Crippen LogP contribution in [0.5, 0.6) is 0 Å². The smallest absolute Gasteiger partial charge is 0.262 e. The van der Waals surface area contributed by atoms with Crippen molar-refractivity contribution in [3.05, 3.63) is 12.5 Å². The summed E-state index contributed by atoms with van der Waals surface area (Å²) < 4.78 is 26.4. The number of sulfonamides is 1. The monoisotopic (exact) mass is 245 g/mol. The molecule has 0 bridgehead atoms. The van der Waals surface area contributed by atoms with Crippen LogP contribution in [0.1, 0.15) is 6.92 Å². The fourth-order valence-electron chi connectivity index (χ4n) is 1.13. The van der Waals surface area contributed by atoms with Crippen molar-refractivity contribution in [2.24, 2.45) is 5.73 Å². The Balaban J connectivity index is 2.97. The molecule has 16 heavy (non-hydrogen) atoms. The van der Waals surface area contributed by atoms with Crippen LogP contribution in [0, 0.1) is 5.41 Å². The van der Waals surface area contributed by atoms with E-state index < -0.39 is 10.0 Å². The number of aromatic nitrogens is 2. The number of hydrogen-bond acceptors (Lipinski definition) is 4. The first-order valence-electron chi connectivity index (χ1n) is 4.69. The molecule has 0 aliphatic heterocycles. The lowest BCUT2D eigenvalue weighted by atomic mass is 10.6. The number of aryl methyl sites for hydroxylation is 1. The zero-order valence-corrected chi connectivity index (χ0v) is 10.0. The molecule has 3 N–H and O–H groups in total. The molecule has 0 saturated heterocycles. The van der Waals surface area contributed by atoms with Crippen molar-refractivity contribution in [3.63, 3.8) is 0 Å². The van der Waals surface area contributed by atoms with E-state index in [9.17, 15) is 8.42 Å². The van der Waals surface area contributed by atoms with Crippen LogP contribution in [0.25, 0.3) is 0 Å². The largest absolute Gasteiger partial charge is 0.387 e. The molecule has 1 aromatic heterocycles. The fourth-order valence-corrected chi connectivity index (χ4v) is 2.21. The third-order valence-corrected chi connectivity index (χ3v) is 3.73. The van der Waals surface area contributed by atoms with E-state index in [1.165, 1.54) is 19.6 Å². The van der Waals surface area contributed by atoms with Crippen molar-refractivity contribution < 1.29 is 8.42 Å². The van der Waals surface area contributed by atoms with E-state index in [2.05, 4.69) is 4.98 Å². The third kappa shape index (κ3) is 2.58. The van der Waals surface area contributed by atoms with E-state index in [0.29, 0.717) is 6.54 Å². The number of amidine groups is 1. The molecular weight excluding hydrogens is 230 g/mol. The fraction of sp³-hybridized carbons (Fsp3) is 0.500. The summed E-state index contributed by atoms with van der Waals surface area (Å²) in [6.45, 7) is 2.40. The van der Waals surface area contributed by atoms with Gasteiger partial charge in [0.25, 0.3) is 10.0 Å². The third-order valence-electron chi connectivity index (χ3n) is 2.04. The molecular formula is C8H15N5O2S. The summed E-state index contributed by atoms with van der Waals surface area (Å²) in [5.41, 5.74) is 5.15. The predicted molar refractivity (Wildman–Crippen MR) is 59.6 cm³/mol. The average molecular weight is 245 g/mol. The summed E-state index contributed by atoms with van der Waals surface area (Å²) in [4.78, 5) is 3.81.